The summed E-state index contributed by atoms with van der Waals surface area (Å²) in [6.45, 7) is 4.29. The number of carbonyl (C=O) groups is 1. The number of amides is 1. The van der Waals surface area contributed by atoms with Crippen LogP contribution in [-0.2, 0) is 11.4 Å². The van der Waals surface area contributed by atoms with Crippen molar-refractivity contribution in [2.45, 2.75) is 26.9 Å². The second-order valence-electron chi connectivity index (χ2n) is 5.64. The van der Waals surface area contributed by atoms with Gasteiger partial charge in [-0.25, -0.2) is 5.01 Å². The summed E-state index contributed by atoms with van der Waals surface area (Å²) in [6.07, 6.45) is 1.85. The normalized spacial score (nSPS) is 10.4. The molecule has 25 heavy (non-hydrogen) atoms. The third-order valence-electron chi connectivity index (χ3n) is 3.55. The van der Waals surface area contributed by atoms with E-state index in [0.29, 0.717) is 13.2 Å². The molecule has 0 unspecified atom stereocenters. The number of carbonyl (C=O) groups excluding carboxylic acids is 1. The van der Waals surface area contributed by atoms with Gasteiger partial charge in [0.25, 0.3) is 0 Å². The molecule has 128 valence electrons. The van der Waals surface area contributed by atoms with E-state index in [1.54, 1.807) is 6.21 Å². The van der Waals surface area contributed by atoms with Crippen molar-refractivity contribution in [2.75, 3.05) is 6.54 Å². The van der Waals surface area contributed by atoms with Crippen LogP contribution in [0.5, 0.6) is 5.75 Å². The van der Waals surface area contributed by atoms with Crippen LogP contribution in [0.3, 0.4) is 0 Å². The Morgan fingerprint density at radius 2 is 1.88 bits per heavy atom. The zero-order chi connectivity index (χ0) is 18.1. The average Bonchev–Trinajstić information content (AvgIpc) is 2.62. The van der Waals surface area contributed by atoms with Crippen molar-refractivity contribution in [3.05, 3.63) is 65.2 Å². The van der Waals surface area contributed by atoms with Crippen molar-refractivity contribution in [1.29, 1.82) is 5.26 Å². The van der Waals surface area contributed by atoms with Crippen LogP contribution >= 0.6 is 0 Å². The van der Waals surface area contributed by atoms with Crippen LogP contribution < -0.4 is 4.74 Å². The van der Waals surface area contributed by atoms with Gasteiger partial charge in [-0.3, -0.25) is 4.79 Å². The first-order valence-corrected chi connectivity index (χ1v) is 8.06. The number of hydrazone groups is 1. The molecule has 2 aromatic rings. The highest BCUT2D eigenvalue weighted by molar-refractivity contribution is 5.81. The van der Waals surface area contributed by atoms with E-state index in [-0.39, 0.29) is 12.3 Å². The van der Waals surface area contributed by atoms with E-state index >= 15 is 0 Å². The molecule has 5 nitrogen and oxygen atoms in total. The van der Waals surface area contributed by atoms with Crippen molar-refractivity contribution >= 4 is 12.1 Å². The quantitative estimate of drug-likeness (QED) is 0.573. The standard InChI is InChI=1S/C20H21N3O2/c1-16-4-6-19(7-5-16)15-25-20-10-8-18(9-11-20)14-22-23(17(2)24)13-3-12-21/h4-11,14H,3,13,15H2,1-2H3. The van der Waals surface area contributed by atoms with Crippen LogP contribution in [0.4, 0.5) is 0 Å². The summed E-state index contributed by atoms with van der Waals surface area (Å²) < 4.78 is 5.76. The SMILES string of the molecule is CC(=O)N(CCC#N)N=Cc1ccc(OCc2ccc(C)cc2)cc1. The molecular weight excluding hydrogens is 314 g/mol. The van der Waals surface area contributed by atoms with Crippen LogP contribution in [0.2, 0.25) is 0 Å². The molecule has 0 saturated heterocycles. The molecule has 0 radical (unpaired) electrons. The maximum atomic E-state index is 11.4. The third-order valence-corrected chi connectivity index (χ3v) is 3.55. The summed E-state index contributed by atoms with van der Waals surface area (Å²) in [5.74, 6) is 0.579. The number of hydrogen-bond donors (Lipinski definition) is 0. The van der Waals surface area contributed by atoms with Crippen LogP contribution in [0, 0.1) is 18.3 Å². The van der Waals surface area contributed by atoms with Crippen molar-refractivity contribution in [3.63, 3.8) is 0 Å². The first-order valence-electron chi connectivity index (χ1n) is 8.06. The molecule has 0 fully saturated rings. The van der Waals surface area contributed by atoms with Gasteiger partial charge in [0.1, 0.15) is 12.4 Å². The van der Waals surface area contributed by atoms with Gasteiger partial charge >= 0.3 is 0 Å². The highest BCUT2D eigenvalue weighted by Gasteiger charge is 2.05. The molecule has 0 saturated carbocycles. The Kier molecular flexibility index (Phi) is 6.73. The highest BCUT2D eigenvalue weighted by atomic mass is 16.5. The van der Waals surface area contributed by atoms with Gasteiger partial charge in [0.15, 0.2) is 0 Å². The lowest BCUT2D eigenvalue weighted by atomic mass is 10.2. The summed E-state index contributed by atoms with van der Waals surface area (Å²) >= 11 is 0. The van der Waals surface area contributed by atoms with E-state index in [9.17, 15) is 4.79 Å². The molecule has 1 amide bonds. The van der Waals surface area contributed by atoms with Gasteiger partial charge in [0, 0.05) is 6.92 Å². The van der Waals surface area contributed by atoms with Gasteiger partial charge in [-0.15, -0.1) is 0 Å². The Morgan fingerprint density at radius 3 is 2.48 bits per heavy atom. The molecule has 0 aliphatic carbocycles. The van der Waals surface area contributed by atoms with Gasteiger partial charge in [-0.2, -0.15) is 10.4 Å². The summed E-state index contributed by atoms with van der Waals surface area (Å²) in [7, 11) is 0. The minimum Gasteiger partial charge on any atom is -0.489 e. The first-order chi connectivity index (χ1) is 12.1. The molecule has 0 atom stereocenters. The first kappa shape index (κ1) is 18.2. The molecule has 0 spiro atoms. The minimum absolute atomic E-state index is 0.190. The van der Waals surface area contributed by atoms with Gasteiger partial charge in [0.2, 0.25) is 5.91 Å². The predicted molar refractivity (Wildman–Crippen MR) is 97.2 cm³/mol. The average molecular weight is 335 g/mol. The Labute approximate surface area is 148 Å². The summed E-state index contributed by atoms with van der Waals surface area (Å²) in [6, 6.07) is 17.7. The molecular formula is C20H21N3O2. The Hall–Kier alpha value is -3.13. The van der Waals surface area contributed by atoms with Crippen LogP contribution in [-0.4, -0.2) is 23.7 Å². The lowest BCUT2D eigenvalue weighted by molar-refractivity contribution is -0.128. The fourth-order valence-corrected chi connectivity index (χ4v) is 2.09. The second kappa shape index (κ2) is 9.24. The topological polar surface area (TPSA) is 65.7 Å². The molecule has 0 heterocycles. The monoisotopic (exact) mass is 335 g/mol. The van der Waals surface area contributed by atoms with Gasteiger partial charge in [0.05, 0.1) is 25.2 Å². The van der Waals surface area contributed by atoms with Gasteiger partial charge in [-0.05, 0) is 42.3 Å². The van der Waals surface area contributed by atoms with Crippen LogP contribution in [0.1, 0.15) is 30.0 Å². The molecule has 2 rings (SSSR count). The number of aryl methyl sites for hydroxylation is 1. The van der Waals surface area contributed by atoms with E-state index < -0.39 is 0 Å². The number of hydrogen-bond acceptors (Lipinski definition) is 4. The molecule has 0 N–H and O–H groups in total. The van der Waals surface area contributed by atoms with Gasteiger partial charge < -0.3 is 4.74 Å². The van der Waals surface area contributed by atoms with E-state index in [0.717, 1.165) is 16.9 Å². The Balaban J connectivity index is 1.92. The summed E-state index contributed by atoms with van der Waals surface area (Å²) in [4.78, 5) is 11.4. The number of rotatable bonds is 7. The molecule has 0 aromatic heterocycles. The predicted octanol–water partition coefficient (Wildman–Crippen LogP) is 3.67. The van der Waals surface area contributed by atoms with Gasteiger partial charge in [-0.1, -0.05) is 29.8 Å². The Bertz CT molecular complexity index is 759. The smallest absolute Gasteiger partial charge is 0.239 e. The van der Waals surface area contributed by atoms with E-state index in [2.05, 4.69) is 24.2 Å². The molecule has 0 aliphatic rings. The van der Waals surface area contributed by atoms with Crippen LogP contribution in [0.15, 0.2) is 53.6 Å². The van der Waals surface area contributed by atoms with Crippen LogP contribution in [0.25, 0.3) is 0 Å². The number of ether oxygens (including phenoxy) is 1. The number of nitrogens with zero attached hydrogens (tertiary/aromatic N) is 3. The summed E-state index contributed by atoms with van der Waals surface area (Å²) in [5, 5.41) is 14.0. The molecule has 5 heteroatoms. The maximum Gasteiger partial charge on any atom is 0.239 e. The third kappa shape index (κ3) is 6.11. The lowest BCUT2D eigenvalue weighted by Crippen LogP contribution is -2.24. The molecule has 0 aliphatic heterocycles. The molecule has 0 bridgehead atoms. The van der Waals surface area contributed by atoms with Crippen molar-refractivity contribution < 1.29 is 9.53 Å². The number of benzene rings is 2. The second-order valence-corrected chi connectivity index (χ2v) is 5.64. The van der Waals surface area contributed by atoms with E-state index in [1.165, 1.54) is 17.5 Å². The van der Waals surface area contributed by atoms with E-state index in [1.807, 2.05) is 42.5 Å². The van der Waals surface area contributed by atoms with Crippen molar-refractivity contribution in [1.82, 2.24) is 5.01 Å². The zero-order valence-corrected chi connectivity index (χ0v) is 14.5. The fraction of sp³-hybridized carbons (Fsp3) is 0.250. The zero-order valence-electron chi connectivity index (χ0n) is 14.5. The Morgan fingerprint density at radius 1 is 1.20 bits per heavy atom. The van der Waals surface area contributed by atoms with Crippen molar-refractivity contribution in [3.8, 4) is 11.8 Å². The summed E-state index contributed by atoms with van der Waals surface area (Å²) in [5.41, 5.74) is 3.19. The van der Waals surface area contributed by atoms with E-state index in [4.69, 9.17) is 10.00 Å². The largest absolute Gasteiger partial charge is 0.489 e. The van der Waals surface area contributed by atoms with Crippen molar-refractivity contribution in [2.24, 2.45) is 5.10 Å². The lowest BCUT2D eigenvalue weighted by Gasteiger charge is -2.12. The minimum atomic E-state index is -0.190. The highest BCUT2D eigenvalue weighted by Crippen LogP contribution is 2.14. The maximum absolute atomic E-state index is 11.4. The fourth-order valence-electron chi connectivity index (χ4n) is 2.09. The number of nitriles is 1. The molecule has 2 aromatic carbocycles.